The monoisotopic (exact) mass is 231 g/mol. The molecule has 15 heavy (non-hydrogen) atoms. The van der Waals surface area contributed by atoms with E-state index in [0.29, 0.717) is 10.2 Å². The third-order valence-electron chi connectivity index (χ3n) is 3.62. The molecule has 3 heteroatoms. The van der Waals surface area contributed by atoms with Crippen LogP contribution in [0.5, 0.6) is 0 Å². The quantitative estimate of drug-likeness (QED) is 0.727. The van der Waals surface area contributed by atoms with Gasteiger partial charge in [-0.15, -0.1) is 0 Å². The van der Waals surface area contributed by atoms with E-state index in [4.69, 9.17) is 4.74 Å². The Labute approximate surface area is 98.5 Å². The highest BCUT2D eigenvalue weighted by Crippen LogP contribution is 2.30. The fraction of sp³-hybridized carbons (Fsp3) is 1.00. The Kier molecular flexibility index (Phi) is 4.94. The standard InChI is InChI=1S/C12H25NOS/c1-5-12(6-2,15-4)8-13-7-11(3)9-14-10-11/h13H,5-10H2,1-4H3. The van der Waals surface area contributed by atoms with Gasteiger partial charge in [-0.3, -0.25) is 0 Å². The van der Waals surface area contributed by atoms with Crippen LogP contribution in [0.15, 0.2) is 0 Å². The molecular formula is C12H25NOS. The first-order chi connectivity index (χ1) is 7.10. The highest BCUT2D eigenvalue weighted by molar-refractivity contribution is 8.00. The van der Waals surface area contributed by atoms with Crippen molar-refractivity contribution in [2.24, 2.45) is 5.41 Å². The lowest BCUT2D eigenvalue weighted by Crippen LogP contribution is -2.49. The molecule has 1 aliphatic rings. The third-order valence-corrected chi connectivity index (χ3v) is 5.21. The topological polar surface area (TPSA) is 21.3 Å². The SMILES string of the molecule is CCC(CC)(CNCC1(C)COC1)SC. The van der Waals surface area contributed by atoms with Gasteiger partial charge >= 0.3 is 0 Å². The normalized spacial score (nSPS) is 20.0. The van der Waals surface area contributed by atoms with Crippen LogP contribution in [0.25, 0.3) is 0 Å². The minimum atomic E-state index is 0.394. The second-order valence-corrected chi connectivity index (χ2v) is 6.28. The zero-order valence-corrected chi connectivity index (χ0v) is 11.4. The molecule has 0 unspecified atom stereocenters. The molecule has 0 radical (unpaired) electrons. The highest BCUT2D eigenvalue weighted by atomic mass is 32.2. The van der Waals surface area contributed by atoms with Crippen LogP contribution < -0.4 is 5.32 Å². The van der Waals surface area contributed by atoms with Gasteiger partial charge in [0, 0.05) is 23.3 Å². The molecule has 0 saturated carbocycles. The second-order valence-electron chi connectivity index (χ2n) is 5.00. The predicted molar refractivity (Wildman–Crippen MR) is 68.6 cm³/mol. The van der Waals surface area contributed by atoms with Crippen molar-refractivity contribution in [3.8, 4) is 0 Å². The van der Waals surface area contributed by atoms with Crippen molar-refractivity contribution in [2.45, 2.75) is 38.4 Å². The molecule has 1 fully saturated rings. The van der Waals surface area contributed by atoms with Crippen LogP contribution in [0.3, 0.4) is 0 Å². The van der Waals surface area contributed by atoms with Gasteiger partial charge in [0.25, 0.3) is 0 Å². The number of thioether (sulfide) groups is 1. The van der Waals surface area contributed by atoms with Crippen molar-refractivity contribution in [2.75, 3.05) is 32.6 Å². The lowest BCUT2D eigenvalue weighted by molar-refractivity contribution is -0.0991. The lowest BCUT2D eigenvalue weighted by atomic mass is 9.88. The predicted octanol–water partition coefficient (Wildman–Crippen LogP) is 2.53. The highest BCUT2D eigenvalue weighted by Gasteiger charge is 2.34. The van der Waals surface area contributed by atoms with Gasteiger partial charge in [0.05, 0.1) is 13.2 Å². The molecule has 0 aromatic heterocycles. The Balaban J connectivity index is 2.27. The maximum atomic E-state index is 5.25. The summed E-state index contributed by atoms with van der Waals surface area (Å²) in [7, 11) is 0. The number of nitrogens with one attached hydrogen (secondary N) is 1. The molecule has 1 heterocycles. The van der Waals surface area contributed by atoms with E-state index in [1.807, 2.05) is 11.8 Å². The number of hydrogen-bond donors (Lipinski definition) is 1. The van der Waals surface area contributed by atoms with Gasteiger partial charge in [0.2, 0.25) is 0 Å². The Morgan fingerprint density at radius 1 is 1.33 bits per heavy atom. The van der Waals surface area contributed by atoms with Gasteiger partial charge in [-0.05, 0) is 19.1 Å². The van der Waals surface area contributed by atoms with Gasteiger partial charge in [-0.25, -0.2) is 0 Å². The van der Waals surface area contributed by atoms with E-state index in [2.05, 4.69) is 32.3 Å². The van der Waals surface area contributed by atoms with E-state index in [0.717, 1.165) is 26.3 Å². The van der Waals surface area contributed by atoms with Crippen molar-refractivity contribution in [1.29, 1.82) is 0 Å². The van der Waals surface area contributed by atoms with E-state index in [9.17, 15) is 0 Å². The summed E-state index contributed by atoms with van der Waals surface area (Å²) >= 11 is 2.00. The first kappa shape index (κ1) is 13.3. The average molecular weight is 231 g/mol. The second kappa shape index (κ2) is 5.55. The summed E-state index contributed by atoms with van der Waals surface area (Å²) in [6, 6.07) is 0. The van der Waals surface area contributed by atoms with Crippen LogP contribution in [-0.2, 0) is 4.74 Å². The zero-order chi connectivity index (χ0) is 11.4. The van der Waals surface area contributed by atoms with Gasteiger partial charge in [0.1, 0.15) is 0 Å². The molecule has 0 amide bonds. The number of rotatable bonds is 7. The summed E-state index contributed by atoms with van der Waals surface area (Å²) in [5.74, 6) is 0. The molecule has 0 aromatic carbocycles. The molecule has 0 aliphatic carbocycles. The molecule has 2 nitrogen and oxygen atoms in total. The molecular weight excluding hydrogens is 206 g/mol. The van der Waals surface area contributed by atoms with Gasteiger partial charge in [-0.2, -0.15) is 11.8 Å². The Bertz CT molecular complexity index is 180. The summed E-state index contributed by atoms with van der Waals surface area (Å²) in [5.41, 5.74) is 0.394. The first-order valence-corrected chi connectivity index (χ1v) is 7.16. The molecule has 0 spiro atoms. The van der Waals surface area contributed by atoms with Crippen molar-refractivity contribution in [3.63, 3.8) is 0 Å². The molecule has 1 aliphatic heterocycles. The largest absolute Gasteiger partial charge is 0.380 e. The summed E-state index contributed by atoms with van der Waals surface area (Å²) in [6.07, 6.45) is 4.71. The Morgan fingerprint density at radius 2 is 1.93 bits per heavy atom. The van der Waals surface area contributed by atoms with E-state index in [-0.39, 0.29) is 0 Å². The summed E-state index contributed by atoms with van der Waals surface area (Å²) in [4.78, 5) is 0. The van der Waals surface area contributed by atoms with Crippen molar-refractivity contribution in [1.82, 2.24) is 5.32 Å². The van der Waals surface area contributed by atoms with E-state index in [1.54, 1.807) is 0 Å². The van der Waals surface area contributed by atoms with Crippen molar-refractivity contribution >= 4 is 11.8 Å². The van der Waals surface area contributed by atoms with E-state index >= 15 is 0 Å². The summed E-state index contributed by atoms with van der Waals surface area (Å²) in [5, 5.41) is 3.62. The first-order valence-electron chi connectivity index (χ1n) is 5.93. The fourth-order valence-electron chi connectivity index (χ4n) is 2.01. The molecule has 0 aromatic rings. The van der Waals surface area contributed by atoms with Crippen LogP contribution in [0, 0.1) is 5.41 Å². The minimum Gasteiger partial charge on any atom is -0.380 e. The van der Waals surface area contributed by atoms with Gasteiger partial charge in [-0.1, -0.05) is 20.8 Å². The fourth-order valence-corrected chi connectivity index (χ4v) is 2.83. The maximum absolute atomic E-state index is 5.25. The molecule has 1 rings (SSSR count). The average Bonchev–Trinajstić information content (AvgIpc) is 2.23. The van der Waals surface area contributed by atoms with Crippen LogP contribution in [0.4, 0.5) is 0 Å². The minimum absolute atomic E-state index is 0.394. The van der Waals surface area contributed by atoms with Crippen LogP contribution in [-0.4, -0.2) is 37.3 Å². The maximum Gasteiger partial charge on any atom is 0.0554 e. The summed E-state index contributed by atoms with van der Waals surface area (Å²) < 4.78 is 5.69. The van der Waals surface area contributed by atoms with Crippen molar-refractivity contribution < 1.29 is 4.74 Å². The van der Waals surface area contributed by atoms with Crippen LogP contribution in [0.2, 0.25) is 0 Å². The lowest BCUT2D eigenvalue weighted by Gasteiger charge is -2.39. The van der Waals surface area contributed by atoms with E-state index < -0.39 is 0 Å². The van der Waals surface area contributed by atoms with Gasteiger partial charge in [0.15, 0.2) is 0 Å². The number of ether oxygens (including phenoxy) is 1. The zero-order valence-electron chi connectivity index (χ0n) is 10.6. The van der Waals surface area contributed by atoms with Gasteiger partial charge < -0.3 is 10.1 Å². The summed E-state index contributed by atoms with van der Waals surface area (Å²) in [6.45, 7) is 10.9. The smallest absolute Gasteiger partial charge is 0.0554 e. The van der Waals surface area contributed by atoms with Crippen LogP contribution >= 0.6 is 11.8 Å². The van der Waals surface area contributed by atoms with Crippen LogP contribution in [0.1, 0.15) is 33.6 Å². The third kappa shape index (κ3) is 3.36. The molecule has 0 bridgehead atoms. The molecule has 90 valence electrons. The van der Waals surface area contributed by atoms with Crippen molar-refractivity contribution in [3.05, 3.63) is 0 Å². The molecule has 1 N–H and O–H groups in total. The molecule has 1 saturated heterocycles. The van der Waals surface area contributed by atoms with E-state index in [1.165, 1.54) is 12.8 Å². The Morgan fingerprint density at radius 3 is 2.27 bits per heavy atom. The Hall–Kier alpha value is 0.270. The molecule has 0 atom stereocenters. The number of hydrogen-bond acceptors (Lipinski definition) is 3.